The van der Waals surface area contributed by atoms with Gasteiger partial charge in [-0.05, 0) is 24.3 Å². The Morgan fingerprint density at radius 1 is 1.12 bits per heavy atom. The monoisotopic (exact) mass is 251 g/mol. The second-order valence-corrected chi connectivity index (χ2v) is 4.61. The van der Waals surface area contributed by atoms with Crippen molar-refractivity contribution in [2.45, 2.75) is 10.6 Å². The lowest BCUT2D eigenvalue weighted by Gasteiger charge is -2.03. The zero-order valence-corrected chi connectivity index (χ0v) is 10.0. The maximum absolute atomic E-state index is 9.58. The number of phenolic OH excluding ortho intramolecular Hbond substituents is 1. The van der Waals surface area contributed by atoms with Gasteiger partial charge >= 0.3 is 0 Å². The van der Waals surface area contributed by atoms with Gasteiger partial charge in [0.05, 0.1) is 5.69 Å². The highest BCUT2D eigenvalue weighted by Crippen LogP contribution is 2.29. The maximum Gasteiger partial charge on any atom is 0.129 e. The second-order valence-electron chi connectivity index (χ2n) is 3.21. The lowest BCUT2D eigenvalue weighted by Crippen LogP contribution is -1.86. The van der Waals surface area contributed by atoms with Crippen LogP contribution in [0.4, 0.5) is 0 Å². The second kappa shape index (κ2) is 5.23. The summed E-state index contributed by atoms with van der Waals surface area (Å²) in [6.45, 7) is 0. The number of pyridine rings is 1. The Balaban J connectivity index is 2.05. The highest BCUT2D eigenvalue weighted by atomic mass is 35.5. The fourth-order valence-corrected chi connectivity index (χ4v) is 2.30. The van der Waals surface area contributed by atoms with Gasteiger partial charge in [0.1, 0.15) is 10.9 Å². The first-order valence-electron chi connectivity index (χ1n) is 4.78. The number of rotatable bonds is 3. The van der Waals surface area contributed by atoms with Crippen molar-refractivity contribution in [3.05, 3.63) is 53.3 Å². The Labute approximate surface area is 103 Å². The van der Waals surface area contributed by atoms with Crippen LogP contribution in [0.2, 0.25) is 5.15 Å². The van der Waals surface area contributed by atoms with Crippen LogP contribution in [0.3, 0.4) is 0 Å². The summed E-state index contributed by atoms with van der Waals surface area (Å²) in [6.07, 6.45) is 0. The van der Waals surface area contributed by atoms with Crippen molar-refractivity contribution in [2.75, 3.05) is 0 Å². The summed E-state index contributed by atoms with van der Waals surface area (Å²) >= 11 is 7.33. The molecule has 0 unspecified atom stereocenters. The first-order valence-corrected chi connectivity index (χ1v) is 6.14. The number of hydrogen-bond donors (Lipinski definition) is 1. The van der Waals surface area contributed by atoms with E-state index < -0.39 is 0 Å². The van der Waals surface area contributed by atoms with Crippen LogP contribution in [-0.2, 0) is 5.75 Å². The van der Waals surface area contributed by atoms with E-state index in [0.29, 0.717) is 16.7 Å². The van der Waals surface area contributed by atoms with E-state index in [1.54, 1.807) is 18.2 Å². The molecule has 0 atom stereocenters. The molecule has 0 amide bonds. The van der Waals surface area contributed by atoms with Gasteiger partial charge in [-0.3, -0.25) is 0 Å². The Bertz CT molecular complexity index is 490. The molecular weight excluding hydrogens is 242 g/mol. The topological polar surface area (TPSA) is 33.1 Å². The minimum absolute atomic E-state index is 0.300. The molecule has 0 radical (unpaired) electrons. The van der Waals surface area contributed by atoms with Crippen molar-refractivity contribution in [2.24, 2.45) is 0 Å². The maximum atomic E-state index is 9.58. The smallest absolute Gasteiger partial charge is 0.129 e. The minimum atomic E-state index is 0.300. The molecule has 0 bridgehead atoms. The number of nitrogens with zero attached hydrogens (tertiary/aromatic N) is 1. The van der Waals surface area contributed by atoms with Gasteiger partial charge in [0.25, 0.3) is 0 Å². The largest absolute Gasteiger partial charge is 0.507 e. The third-order valence-electron chi connectivity index (χ3n) is 2.01. The highest BCUT2D eigenvalue weighted by Gasteiger charge is 2.02. The molecule has 0 aliphatic carbocycles. The van der Waals surface area contributed by atoms with E-state index in [1.807, 2.05) is 24.3 Å². The number of phenols is 1. The van der Waals surface area contributed by atoms with Crippen molar-refractivity contribution >= 4 is 23.4 Å². The lowest BCUT2D eigenvalue weighted by molar-refractivity contribution is 0.462. The molecule has 2 nitrogen and oxygen atoms in total. The highest BCUT2D eigenvalue weighted by molar-refractivity contribution is 7.98. The molecule has 1 aromatic carbocycles. The Hall–Kier alpha value is -1.19. The van der Waals surface area contributed by atoms with E-state index in [1.165, 1.54) is 11.8 Å². The van der Waals surface area contributed by atoms with Crippen LogP contribution in [0, 0.1) is 0 Å². The van der Waals surface area contributed by atoms with Crippen LogP contribution in [0.1, 0.15) is 5.69 Å². The van der Waals surface area contributed by atoms with Gasteiger partial charge in [-0.2, -0.15) is 0 Å². The number of halogens is 1. The molecule has 1 heterocycles. The van der Waals surface area contributed by atoms with E-state index in [-0.39, 0.29) is 0 Å². The summed E-state index contributed by atoms with van der Waals surface area (Å²) in [4.78, 5) is 5.03. The standard InChI is InChI=1S/C12H10ClNOS/c13-12-7-3-4-9(14-12)8-16-11-6-2-1-5-10(11)15/h1-7,15H,8H2. The summed E-state index contributed by atoms with van der Waals surface area (Å²) in [7, 11) is 0. The number of aromatic hydroxyl groups is 1. The Morgan fingerprint density at radius 2 is 1.94 bits per heavy atom. The normalized spacial score (nSPS) is 10.3. The van der Waals surface area contributed by atoms with Gasteiger partial charge in [0, 0.05) is 10.6 Å². The predicted molar refractivity (Wildman–Crippen MR) is 66.9 cm³/mol. The molecule has 4 heteroatoms. The fraction of sp³-hybridized carbons (Fsp3) is 0.0833. The summed E-state index contributed by atoms with van der Waals surface area (Å²) in [6, 6.07) is 12.8. The minimum Gasteiger partial charge on any atom is -0.507 e. The van der Waals surface area contributed by atoms with Crippen molar-refractivity contribution in [1.29, 1.82) is 0 Å². The zero-order valence-electron chi connectivity index (χ0n) is 8.43. The summed E-state index contributed by atoms with van der Waals surface area (Å²) in [5.74, 6) is 0.993. The molecule has 0 spiro atoms. The number of benzene rings is 1. The SMILES string of the molecule is Oc1ccccc1SCc1cccc(Cl)n1. The number of hydrogen-bond acceptors (Lipinski definition) is 3. The zero-order chi connectivity index (χ0) is 11.4. The van der Waals surface area contributed by atoms with Crippen molar-refractivity contribution in [3.8, 4) is 5.75 Å². The molecule has 0 saturated carbocycles. The van der Waals surface area contributed by atoms with Gasteiger partial charge in [-0.15, -0.1) is 11.8 Å². The first kappa shape index (κ1) is 11.3. The number of aromatic nitrogens is 1. The van der Waals surface area contributed by atoms with Gasteiger partial charge in [-0.25, -0.2) is 4.98 Å². The van der Waals surface area contributed by atoms with Crippen molar-refractivity contribution in [3.63, 3.8) is 0 Å². The summed E-state index contributed by atoms with van der Waals surface area (Å²) < 4.78 is 0. The van der Waals surface area contributed by atoms with Crippen molar-refractivity contribution < 1.29 is 5.11 Å². The molecule has 1 N–H and O–H groups in total. The molecule has 2 rings (SSSR count). The van der Waals surface area contributed by atoms with Crippen LogP contribution >= 0.6 is 23.4 Å². The fourth-order valence-electron chi connectivity index (χ4n) is 1.26. The van der Waals surface area contributed by atoms with Crippen LogP contribution in [0.15, 0.2) is 47.4 Å². The third-order valence-corrected chi connectivity index (χ3v) is 3.32. The molecule has 2 aromatic rings. The third kappa shape index (κ3) is 2.90. The molecule has 0 aliphatic heterocycles. The summed E-state index contributed by atoms with van der Waals surface area (Å²) in [5, 5.41) is 10.1. The molecule has 82 valence electrons. The van der Waals surface area contributed by atoms with Gasteiger partial charge in [0.2, 0.25) is 0 Å². The van der Waals surface area contributed by atoms with E-state index in [4.69, 9.17) is 11.6 Å². The van der Waals surface area contributed by atoms with Crippen molar-refractivity contribution in [1.82, 2.24) is 4.98 Å². The van der Waals surface area contributed by atoms with Crippen LogP contribution in [-0.4, -0.2) is 10.1 Å². The molecular formula is C12H10ClNOS. The Morgan fingerprint density at radius 3 is 2.69 bits per heavy atom. The van der Waals surface area contributed by atoms with Crippen LogP contribution in [0.25, 0.3) is 0 Å². The van der Waals surface area contributed by atoms with Crippen LogP contribution < -0.4 is 0 Å². The lowest BCUT2D eigenvalue weighted by atomic mass is 10.3. The number of para-hydroxylation sites is 1. The van der Waals surface area contributed by atoms with Gasteiger partial charge in [0.15, 0.2) is 0 Å². The molecule has 0 fully saturated rings. The van der Waals surface area contributed by atoms with E-state index in [2.05, 4.69) is 4.98 Å². The Kier molecular flexibility index (Phi) is 3.70. The van der Waals surface area contributed by atoms with E-state index in [0.717, 1.165) is 10.6 Å². The molecule has 0 saturated heterocycles. The van der Waals surface area contributed by atoms with Crippen LogP contribution in [0.5, 0.6) is 5.75 Å². The quantitative estimate of drug-likeness (QED) is 0.667. The van der Waals surface area contributed by atoms with E-state index in [9.17, 15) is 5.11 Å². The number of thioether (sulfide) groups is 1. The van der Waals surface area contributed by atoms with E-state index >= 15 is 0 Å². The molecule has 16 heavy (non-hydrogen) atoms. The predicted octanol–water partition coefficient (Wildman–Crippen LogP) is 3.73. The summed E-state index contributed by atoms with van der Waals surface area (Å²) in [5.41, 5.74) is 0.903. The average Bonchev–Trinajstić information content (AvgIpc) is 2.28. The van der Waals surface area contributed by atoms with Gasteiger partial charge < -0.3 is 5.11 Å². The molecule has 0 aliphatic rings. The molecule has 1 aromatic heterocycles. The van der Waals surface area contributed by atoms with Gasteiger partial charge in [-0.1, -0.05) is 29.8 Å². The first-order chi connectivity index (χ1) is 7.75. The average molecular weight is 252 g/mol.